The molecular weight excluding hydrogens is 351 g/mol. The summed E-state index contributed by atoms with van der Waals surface area (Å²) in [4.78, 5) is 0. The number of rotatable bonds is 16. The third kappa shape index (κ3) is 18.3. The quantitative estimate of drug-likeness (QED) is 0.248. The molecule has 0 aromatic rings. The van der Waals surface area contributed by atoms with Gasteiger partial charge in [-0.2, -0.15) is 0 Å². The van der Waals surface area contributed by atoms with E-state index >= 15 is 0 Å². The van der Waals surface area contributed by atoms with Crippen LogP contribution in [-0.4, -0.2) is 29.4 Å². The van der Waals surface area contributed by atoms with Crippen LogP contribution >= 0.6 is 0 Å². The van der Waals surface area contributed by atoms with Crippen LogP contribution in [0.15, 0.2) is 0 Å². The minimum Gasteiger partial charge on any atom is -0.748 e. The Morgan fingerprint density at radius 2 is 1.12 bits per heavy atom. The van der Waals surface area contributed by atoms with Gasteiger partial charge in [0.25, 0.3) is 0 Å². The summed E-state index contributed by atoms with van der Waals surface area (Å²) in [6, 6.07) is 0. The molecule has 4 nitrogen and oxygen atoms in total. The zero-order valence-electron chi connectivity index (χ0n) is 16.1. The van der Waals surface area contributed by atoms with Gasteiger partial charge in [0.2, 0.25) is 0 Å². The fourth-order valence-electron chi connectivity index (χ4n) is 2.75. The Morgan fingerprint density at radius 1 is 0.792 bits per heavy atom. The maximum Gasteiger partial charge on any atom is 1.00 e. The summed E-state index contributed by atoms with van der Waals surface area (Å²) in [5, 5.41) is 8.71. The molecule has 0 aromatic heterocycles. The fraction of sp³-hybridized carbons (Fsp3) is 1.00. The van der Waals surface area contributed by atoms with Gasteiger partial charge in [0.1, 0.15) is 0 Å². The molecule has 1 N–H and O–H groups in total. The van der Waals surface area contributed by atoms with E-state index in [1.807, 2.05) is 6.92 Å². The molecule has 0 aromatic carbocycles. The monoisotopic (exact) mass is 388 g/mol. The van der Waals surface area contributed by atoms with Crippen molar-refractivity contribution in [2.24, 2.45) is 0 Å². The Kier molecular flexibility index (Phi) is 20.7. The van der Waals surface area contributed by atoms with Crippen LogP contribution in [0.4, 0.5) is 0 Å². The second kappa shape index (κ2) is 17.9. The minimum atomic E-state index is -4.09. The van der Waals surface area contributed by atoms with Gasteiger partial charge in [0, 0.05) is 5.25 Å². The molecule has 0 amide bonds. The van der Waals surface area contributed by atoms with Crippen LogP contribution in [0.3, 0.4) is 0 Å². The van der Waals surface area contributed by atoms with Gasteiger partial charge in [-0.25, -0.2) is 8.42 Å². The molecule has 6 heteroatoms. The fourth-order valence-corrected chi connectivity index (χ4v) is 3.21. The number of hydrogen-bond acceptors (Lipinski definition) is 4. The molecule has 140 valence electrons. The molecule has 0 radical (unpaired) electrons. The van der Waals surface area contributed by atoms with Crippen LogP contribution in [0.5, 0.6) is 0 Å². The van der Waals surface area contributed by atoms with Gasteiger partial charge in [-0.1, -0.05) is 77.6 Å². The molecule has 2 unspecified atom stereocenters. The van der Waals surface area contributed by atoms with Gasteiger partial charge in [-0.3, -0.25) is 0 Å². The van der Waals surface area contributed by atoms with Crippen LogP contribution in [-0.2, 0) is 10.1 Å². The van der Waals surface area contributed by atoms with E-state index in [0.29, 0.717) is 6.42 Å². The van der Waals surface area contributed by atoms with Gasteiger partial charge in [-0.15, -0.1) is 0 Å². The molecule has 0 aliphatic heterocycles. The molecule has 0 saturated heterocycles. The number of aliphatic hydroxyl groups is 1. The Hall–Kier alpha value is 1.51. The Morgan fingerprint density at radius 3 is 1.46 bits per heavy atom. The second-order valence-corrected chi connectivity index (χ2v) is 8.62. The van der Waals surface area contributed by atoms with E-state index < -0.39 is 15.4 Å². The standard InChI is InChI=1S/C18H38O4S.K/c1-3-18(19)16-14-12-10-8-6-4-5-7-9-11-13-15-17(2)23(20,21)22;/h17-19H,3-16H2,1-2H3,(H,20,21,22);/q;+1/p-1. The van der Waals surface area contributed by atoms with Crippen LogP contribution in [0.1, 0.15) is 104 Å². The average Bonchev–Trinajstić information content (AvgIpc) is 2.50. The number of aliphatic hydroxyl groups excluding tert-OH is 1. The molecule has 24 heavy (non-hydrogen) atoms. The molecule has 0 fully saturated rings. The summed E-state index contributed by atoms with van der Waals surface area (Å²) in [6.07, 6.45) is 15.2. The van der Waals surface area contributed by atoms with Crippen molar-refractivity contribution in [3.8, 4) is 0 Å². The van der Waals surface area contributed by atoms with Crippen LogP contribution in [0.2, 0.25) is 0 Å². The third-order valence-corrected chi connectivity index (χ3v) is 5.83. The maximum atomic E-state index is 10.7. The number of hydrogen-bond donors (Lipinski definition) is 1. The first-order valence-electron chi connectivity index (χ1n) is 9.50. The maximum absolute atomic E-state index is 10.7. The van der Waals surface area contributed by atoms with Gasteiger partial charge >= 0.3 is 51.4 Å². The first-order valence-corrected chi connectivity index (χ1v) is 11.0. The molecule has 0 rings (SSSR count). The molecule has 0 heterocycles. The van der Waals surface area contributed by atoms with E-state index in [4.69, 9.17) is 0 Å². The van der Waals surface area contributed by atoms with E-state index in [0.717, 1.165) is 38.5 Å². The van der Waals surface area contributed by atoms with Crippen LogP contribution in [0, 0.1) is 0 Å². The molecule has 0 bridgehead atoms. The second-order valence-electron chi connectivity index (χ2n) is 6.83. The van der Waals surface area contributed by atoms with Crippen molar-refractivity contribution in [2.75, 3.05) is 0 Å². The van der Waals surface area contributed by atoms with Crippen molar-refractivity contribution in [3.63, 3.8) is 0 Å². The molecular formula is C18H37KO4S. The zero-order valence-corrected chi connectivity index (χ0v) is 20.1. The van der Waals surface area contributed by atoms with Crippen molar-refractivity contribution in [1.29, 1.82) is 0 Å². The van der Waals surface area contributed by atoms with Gasteiger partial charge < -0.3 is 9.66 Å². The van der Waals surface area contributed by atoms with Crippen LogP contribution < -0.4 is 51.4 Å². The molecule has 0 saturated carbocycles. The first-order chi connectivity index (χ1) is 10.9. The number of unbranched alkanes of at least 4 members (excludes halogenated alkanes) is 10. The molecule has 2 atom stereocenters. The van der Waals surface area contributed by atoms with Crippen molar-refractivity contribution >= 4 is 10.1 Å². The minimum absolute atomic E-state index is 0. The van der Waals surface area contributed by atoms with E-state index in [9.17, 15) is 18.1 Å². The van der Waals surface area contributed by atoms with Crippen molar-refractivity contribution in [3.05, 3.63) is 0 Å². The zero-order chi connectivity index (χ0) is 17.6. The average molecular weight is 389 g/mol. The summed E-state index contributed by atoms with van der Waals surface area (Å²) in [7, 11) is -4.09. The smallest absolute Gasteiger partial charge is 0.748 e. The van der Waals surface area contributed by atoms with Crippen molar-refractivity contribution < 1.29 is 69.5 Å². The SMILES string of the molecule is CCC(O)CCCCCCCCCCCCCC(C)S(=O)(=O)[O-].[K+]. The Balaban J connectivity index is 0. The Labute approximate surface area is 192 Å². The molecule has 0 spiro atoms. The van der Waals surface area contributed by atoms with Gasteiger partial charge in [0.05, 0.1) is 16.2 Å². The largest absolute Gasteiger partial charge is 1.00 e. The first kappa shape index (κ1) is 27.7. The van der Waals surface area contributed by atoms with Crippen LogP contribution in [0.25, 0.3) is 0 Å². The van der Waals surface area contributed by atoms with E-state index in [2.05, 4.69) is 0 Å². The summed E-state index contributed by atoms with van der Waals surface area (Å²) >= 11 is 0. The molecule has 0 aliphatic rings. The van der Waals surface area contributed by atoms with E-state index in [-0.39, 0.29) is 57.5 Å². The Bertz CT molecular complexity index is 360. The van der Waals surface area contributed by atoms with Crippen molar-refractivity contribution in [2.45, 2.75) is 115 Å². The topological polar surface area (TPSA) is 77.4 Å². The van der Waals surface area contributed by atoms with Gasteiger partial charge in [0.15, 0.2) is 0 Å². The normalized spacial score (nSPS) is 14.2. The third-order valence-electron chi connectivity index (χ3n) is 4.61. The van der Waals surface area contributed by atoms with E-state index in [1.54, 1.807) is 0 Å². The molecule has 0 aliphatic carbocycles. The predicted octanol–water partition coefficient (Wildman–Crippen LogP) is 1.77. The van der Waals surface area contributed by atoms with E-state index in [1.165, 1.54) is 51.9 Å². The summed E-state index contributed by atoms with van der Waals surface area (Å²) in [6.45, 7) is 3.53. The van der Waals surface area contributed by atoms with Gasteiger partial charge in [-0.05, 0) is 26.2 Å². The summed E-state index contributed by atoms with van der Waals surface area (Å²) < 4.78 is 32.2. The summed E-state index contributed by atoms with van der Waals surface area (Å²) in [5.74, 6) is 0. The summed E-state index contributed by atoms with van der Waals surface area (Å²) in [5.41, 5.74) is 0. The predicted molar refractivity (Wildman–Crippen MR) is 95.5 cm³/mol. The van der Waals surface area contributed by atoms with Crippen molar-refractivity contribution in [1.82, 2.24) is 0 Å².